The predicted octanol–water partition coefficient (Wildman–Crippen LogP) is 4.42. The number of hydrogen-bond acceptors (Lipinski definition) is 0. The molecular formula is C14H9ClFN. The summed E-state index contributed by atoms with van der Waals surface area (Å²) in [7, 11) is 0. The van der Waals surface area contributed by atoms with Gasteiger partial charge in [0.1, 0.15) is 5.82 Å². The third-order valence-electron chi connectivity index (χ3n) is 2.79. The van der Waals surface area contributed by atoms with E-state index in [1.807, 2.05) is 36.5 Å². The van der Waals surface area contributed by atoms with Crippen LogP contribution in [0.1, 0.15) is 0 Å². The molecule has 1 nitrogen and oxygen atoms in total. The van der Waals surface area contributed by atoms with Crippen molar-refractivity contribution in [3.05, 3.63) is 65.6 Å². The summed E-state index contributed by atoms with van der Waals surface area (Å²) in [6, 6.07) is 14.2. The Kier molecular flexibility index (Phi) is 2.37. The molecule has 0 aliphatic carbocycles. The van der Waals surface area contributed by atoms with Gasteiger partial charge in [-0.05, 0) is 30.3 Å². The van der Waals surface area contributed by atoms with Crippen LogP contribution in [0.4, 0.5) is 4.39 Å². The molecule has 3 aromatic rings. The number of aromatic nitrogens is 1. The maximum Gasteiger partial charge on any atom is 0.147 e. The summed E-state index contributed by atoms with van der Waals surface area (Å²) in [4.78, 5) is 0. The molecule has 1 heterocycles. The van der Waals surface area contributed by atoms with E-state index in [-0.39, 0.29) is 5.82 Å². The third-order valence-corrected chi connectivity index (χ3v) is 3.12. The average Bonchev–Trinajstić information content (AvgIpc) is 2.75. The van der Waals surface area contributed by atoms with E-state index in [0.29, 0.717) is 10.7 Å². The summed E-state index contributed by atoms with van der Waals surface area (Å²) in [6.07, 6.45) is 1.83. The van der Waals surface area contributed by atoms with E-state index >= 15 is 0 Å². The van der Waals surface area contributed by atoms with Crippen molar-refractivity contribution in [2.45, 2.75) is 0 Å². The van der Waals surface area contributed by atoms with Gasteiger partial charge in [0.2, 0.25) is 0 Å². The van der Waals surface area contributed by atoms with Gasteiger partial charge in [-0.25, -0.2) is 4.39 Å². The highest BCUT2D eigenvalue weighted by Gasteiger charge is 2.08. The van der Waals surface area contributed by atoms with Crippen molar-refractivity contribution in [1.29, 1.82) is 0 Å². The maximum atomic E-state index is 13.7. The first-order valence-electron chi connectivity index (χ1n) is 5.28. The van der Waals surface area contributed by atoms with Gasteiger partial charge in [0.25, 0.3) is 0 Å². The largest absolute Gasteiger partial charge is 0.314 e. The molecule has 0 saturated heterocycles. The van der Waals surface area contributed by atoms with Crippen LogP contribution in [0.2, 0.25) is 5.02 Å². The fourth-order valence-electron chi connectivity index (χ4n) is 1.99. The lowest BCUT2D eigenvalue weighted by Gasteiger charge is -2.06. The third kappa shape index (κ3) is 1.61. The lowest BCUT2D eigenvalue weighted by molar-refractivity contribution is 0.620. The zero-order chi connectivity index (χ0) is 11.8. The standard InChI is InChI=1S/C14H9ClFN/c15-11-4-3-7-13-10(11)8-9-17(13)14-6-2-1-5-12(14)16/h1-9H. The summed E-state index contributed by atoms with van der Waals surface area (Å²) in [5.74, 6) is -0.245. The van der Waals surface area contributed by atoms with E-state index in [1.165, 1.54) is 6.07 Å². The van der Waals surface area contributed by atoms with Crippen molar-refractivity contribution in [2.75, 3.05) is 0 Å². The minimum absolute atomic E-state index is 0.245. The van der Waals surface area contributed by atoms with Crippen molar-refractivity contribution >= 4 is 22.5 Å². The number of fused-ring (bicyclic) bond motifs is 1. The summed E-state index contributed by atoms with van der Waals surface area (Å²) >= 11 is 6.09. The van der Waals surface area contributed by atoms with Gasteiger partial charge in [-0.3, -0.25) is 0 Å². The number of rotatable bonds is 1. The molecule has 0 atom stereocenters. The molecule has 2 aromatic carbocycles. The molecule has 0 N–H and O–H groups in total. The molecule has 84 valence electrons. The molecule has 17 heavy (non-hydrogen) atoms. The quantitative estimate of drug-likeness (QED) is 0.598. The molecule has 3 heteroatoms. The number of benzene rings is 2. The lowest BCUT2D eigenvalue weighted by Crippen LogP contribution is -1.95. The molecule has 0 aliphatic heterocycles. The van der Waals surface area contributed by atoms with Crippen LogP contribution in [0.25, 0.3) is 16.6 Å². The smallest absolute Gasteiger partial charge is 0.147 e. The zero-order valence-corrected chi connectivity index (χ0v) is 9.66. The Balaban J connectivity index is 2.33. The normalized spacial score (nSPS) is 10.9. The molecule has 0 fully saturated rings. The van der Waals surface area contributed by atoms with Crippen molar-refractivity contribution in [3.8, 4) is 5.69 Å². The molecule has 0 aliphatic rings. The first-order chi connectivity index (χ1) is 8.27. The van der Waals surface area contributed by atoms with Crippen LogP contribution in [-0.4, -0.2) is 4.57 Å². The van der Waals surface area contributed by atoms with E-state index < -0.39 is 0 Å². The first-order valence-corrected chi connectivity index (χ1v) is 5.65. The van der Waals surface area contributed by atoms with Crippen LogP contribution in [-0.2, 0) is 0 Å². The second kappa shape index (κ2) is 3.90. The first kappa shape index (κ1) is 10.4. The molecule has 0 amide bonds. The molecular weight excluding hydrogens is 237 g/mol. The van der Waals surface area contributed by atoms with Crippen LogP contribution >= 0.6 is 11.6 Å². The Morgan fingerprint density at radius 1 is 0.941 bits per heavy atom. The molecule has 1 aromatic heterocycles. The van der Waals surface area contributed by atoms with Gasteiger partial charge in [0, 0.05) is 16.6 Å². The van der Waals surface area contributed by atoms with Crippen molar-refractivity contribution in [3.63, 3.8) is 0 Å². The Morgan fingerprint density at radius 2 is 1.76 bits per heavy atom. The van der Waals surface area contributed by atoms with E-state index in [0.717, 1.165) is 10.9 Å². The second-order valence-corrected chi connectivity index (χ2v) is 4.22. The van der Waals surface area contributed by atoms with E-state index in [2.05, 4.69) is 0 Å². The van der Waals surface area contributed by atoms with Gasteiger partial charge in [-0.15, -0.1) is 0 Å². The van der Waals surface area contributed by atoms with Gasteiger partial charge in [-0.1, -0.05) is 29.8 Å². The van der Waals surface area contributed by atoms with Gasteiger partial charge in [0.15, 0.2) is 0 Å². The summed E-state index contributed by atoms with van der Waals surface area (Å²) in [5.41, 5.74) is 1.44. The highest BCUT2D eigenvalue weighted by molar-refractivity contribution is 6.35. The van der Waals surface area contributed by atoms with Crippen LogP contribution < -0.4 is 0 Å². The van der Waals surface area contributed by atoms with Crippen LogP contribution in [0.5, 0.6) is 0 Å². The number of nitrogens with zero attached hydrogens (tertiary/aromatic N) is 1. The Morgan fingerprint density at radius 3 is 2.59 bits per heavy atom. The summed E-state index contributed by atoms with van der Waals surface area (Å²) in [6.45, 7) is 0. The number of hydrogen-bond donors (Lipinski definition) is 0. The minimum atomic E-state index is -0.245. The number of para-hydroxylation sites is 1. The molecule has 3 rings (SSSR count). The minimum Gasteiger partial charge on any atom is -0.314 e. The van der Waals surface area contributed by atoms with Gasteiger partial charge >= 0.3 is 0 Å². The maximum absolute atomic E-state index is 13.7. The summed E-state index contributed by atoms with van der Waals surface area (Å²) in [5, 5.41) is 1.61. The monoisotopic (exact) mass is 245 g/mol. The topological polar surface area (TPSA) is 4.93 Å². The molecule has 0 saturated carbocycles. The van der Waals surface area contributed by atoms with Crippen LogP contribution in [0.3, 0.4) is 0 Å². The Labute approximate surface area is 103 Å². The van der Waals surface area contributed by atoms with Gasteiger partial charge < -0.3 is 4.57 Å². The molecule has 0 radical (unpaired) electrons. The van der Waals surface area contributed by atoms with Crippen molar-refractivity contribution < 1.29 is 4.39 Å². The highest BCUT2D eigenvalue weighted by Crippen LogP contribution is 2.27. The average molecular weight is 246 g/mol. The molecule has 0 bridgehead atoms. The lowest BCUT2D eigenvalue weighted by atomic mass is 10.2. The van der Waals surface area contributed by atoms with Gasteiger partial charge in [0.05, 0.1) is 11.2 Å². The van der Waals surface area contributed by atoms with Gasteiger partial charge in [-0.2, -0.15) is 0 Å². The Bertz CT molecular complexity index is 688. The van der Waals surface area contributed by atoms with E-state index in [4.69, 9.17) is 11.6 Å². The van der Waals surface area contributed by atoms with Crippen molar-refractivity contribution in [1.82, 2.24) is 4.57 Å². The SMILES string of the molecule is Fc1ccccc1-n1ccc2c(Cl)cccc21. The fourth-order valence-corrected chi connectivity index (χ4v) is 2.22. The fraction of sp³-hybridized carbons (Fsp3) is 0. The van der Waals surface area contributed by atoms with Crippen LogP contribution in [0.15, 0.2) is 54.7 Å². The van der Waals surface area contributed by atoms with E-state index in [9.17, 15) is 4.39 Å². The molecule has 0 spiro atoms. The number of halogens is 2. The van der Waals surface area contributed by atoms with Crippen molar-refractivity contribution in [2.24, 2.45) is 0 Å². The molecule has 0 unspecified atom stereocenters. The highest BCUT2D eigenvalue weighted by atomic mass is 35.5. The predicted molar refractivity (Wildman–Crippen MR) is 68.2 cm³/mol. The van der Waals surface area contributed by atoms with E-state index in [1.54, 1.807) is 16.7 Å². The zero-order valence-electron chi connectivity index (χ0n) is 8.90. The van der Waals surface area contributed by atoms with Crippen LogP contribution in [0, 0.1) is 5.82 Å². The Hall–Kier alpha value is -1.80. The second-order valence-electron chi connectivity index (χ2n) is 3.81. The summed E-state index contributed by atoms with van der Waals surface area (Å²) < 4.78 is 15.5.